The third-order valence-electron chi connectivity index (χ3n) is 8.54. The summed E-state index contributed by atoms with van der Waals surface area (Å²) in [7, 11) is 7.92. The Balaban J connectivity index is 1.04. The number of ether oxygens (including phenoxy) is 7. The first-order valence-electron chi connectivity index (χ1n) is 16.2. The van der Waals surface area contributed by atoms with E-state index in [4.69, 9.17) is 38.0 Å². The van der Waals surface area contributed by atoms with Crippen LogP contribution in [0, 0.1) is 6.92 Å². The Bertz CT molecular complexity index is 1870. The van der Waals surface area contributed by atoms with E-state index in [0.29, 0.717) is 71.9 Å². The predicted molar refractivity (Wildman–Crippen MR) is 188 cm³/mol. The molecule has 2 aliphatic heterocycles. The van der Waals surface area contributed by atoms with E-state index in [0.717, 1.165) is 33.7 Å². The van der Waals surface area contributed by atoms with Gasteiger partial charge in [0.05, 0.1) is 60.0 Å². The van der Waals surface area contributed by atoms with Gasteiger partial charge in [-0.05, 0) is 67.1 Å². The summed E-state index contributed by atoms with van der Waals surface area (Å²) in [6.07, 6.45) is 0.408. The maximum absolute atomic E-state index is 12.7. The Morgan fingerprint density at radius 2 is 1.38 bits per heavy atom. The van der Waals surface area contributed by atoms with Crippen molar-refractivity contribution in [3.05, 3.63) is 94.5 Å². The first kappa shape index (κ1) is 34.1. The average Bonchev–Trinajstić information content (AvgIpc) is 3.65. The summed E-state index contributed by atoms with van der Waals surface area (Å²) >= 11 is 0. The molecule has 4 aromatic rings. The van der Waals surface area contributed by atoms with Gasteiger partial charge >= 0.3 is 0 Å². The lowest BCUT2D eigenvalue weighted by Gasteiger charge is -2.28. The monoisotopic (exact) mass is 683 g/mol. The fraction of sp³-hybridized carbons (Fsp3) is 0.316. The van der Waals surface area contributed by atoms with E-state index in [1.54, 1.807) is 35.5 Å². The highest BCUT2D eigenvalue weighted by molar-refractivity contribution is 6.02. The van der Waals surface area contributed by atoms with Crippen LogP contribution < -0.4 is 43.8 Å². The molecular formula is C38H41N3O9. The van der Waals surface area contributed by atoms with Gasteiger partial charge in [0.15, 0.2) is 40.6 Å². The topological polar surface area (TPSA) is 127 Å². The summed E-state index contributed by atoms with van der Waals surface area (Å²) < 4.78 is 39.8. The molecule has 2 unspecified atom stereocenters. The second kappa shape index (κ2) is 15.2. The van der Waals surface area contributed by atoms with Gasteiger partial charge in [0.2, 0.25) is 5.75 Å². The van der Waals surface area contributed by atoms with Crippen molar-refractivity contribution in [2.45, 2.75) is 32.0 Å². The van der Waals surface area contributed by atoms with Crippen LogP contribution in [0.3, 0.4) is 0 Å². The summed E-state index contributed by atoms with van der Waals surface area (Å²) in [5.41, 5.74) is 5.77. The van der Waals surface area contributed by atoms with Crippen molar-refractivity contribution >= 4 is 17.3 Å². The normalized spacial score (nSPS) is 16.2. The summed E-state index contributed by atoms with van der Waals surface area (Å²) in [5.74, 6) is 3.83. The van der Waals surface area contributed by atoms with Gasteiger partial charge in [0.25, 0.3) is 5.91 Å². The zero-order valence-corrected chi connectivity index (χ0v) is 29.0. The largest absolute Gasteiger partial charge is 0.493 e. The molecule has 4 aromatic carbocycles. The Kier molecular flexibility index (Phi) is 10.4. The number of rotatable bonds is 14. The number of carbonyl (C=O) groups is 1. The Hall–Kier alpha value is -5.78. The van der Waals surface area contributed by atoms with Gasteiger partial charge in [-0.25, -0.2) is 0 Å². The molecule has 1 amide bonds. The highest BCUT2D eigenvalue weighted by atomic mass is 16.6. The first-order valence-corrected chi connectivity index (χ1v) is 16.2. The molecule has 0 aliphatic carbocycles. The smallest absolute Gasteiger partial charge is 0.255 e. The molecule has 0 aromatic heterocycles. The lowest BCUT2D eigenvalue weighted by molar-refractivity contribution is 0.0853. The lowest BCUT2D eigenvalue weighted by atomic mass is 9.99. The highest BCUT2D eigenvalue weighted by Gasteiger charge is 2.28. The Labute approximate surface area is 291 Å². The minimum Gasteiger partial charge on any atom is -0.493 e. The highest BCUT2D eigenvalue weighted by Crippen LogP contribution is 2.42. The summed E-state index contributed by atoms with van der Waals surface area (Å²) in [5, 5.41) is 10.8. The minimum absolute atomic E-state index is 0.127. The Morgan fingerprint density at radius 1 is 0.700 bits per heavy atom. The van der Waals surface area contributed by atoms with Crippen LogP contribution in [0.4, 0.5) is 5.69 Å². The zero-order valence-electron chi connectivity index (χ0n) is 29.0. The molecule has 12 heteroatoms. The van der Waals surface area contributed by atoms with Crippen molar-refractivity contribution in [3.63, 3.8) is 0 Å². The average molecular weight is 684 g/mol. The maximum atomic E-state index is 12.7. The summed E-state index contributed by atoms with van der Waals surface area (Å²) in [6.45, 7) is 2.73. The van der Waals surface area contributed by atoms with E-state index in [2.05, 4.69) is 15.8 Å². The number of oxime groups is 1. The molecule has 0 bridgehead atoms. The van der Waals surface area contributed by atoms with Crippen LogP contribution in [-0.2, 0) is 4.84 Å². The molecule has 262 valence electrons. The number of amides is 1. The van der Waals surface area contributed by atoms with E-state index < -0.39 is 6.17 Å². The third-order valence-corrected chi connectivity index (χ3v) is 8.54. The van der Waals surface area contributed by atoms with Gasteiger partial charge in [-0.2, -0.15) is 0 Å². The van der Waals surface area contributed by atoms with Crippen molar-refractivity contribution in [1.82, 2.24) is 5.32 Å². The van der Waals surface area contributed by atoms with E-state index in [9.17, 15) is 4.79 Å². The lowest BCUT2D eigenvalue weighted by Crippen LogP contribution is -2.38. The van der Waals surface area contributed by atoms with Crippen LogP contribution in [-0.4, -0.2) is 60.4 Å². The number of nitrogens with zero attached hydrogens (tertiary/aromatic N) is 1. The van der Waals surface area contributed by atoms with Crippen LogP contribution >= 0.6 is 0 Å². The van der Waals surface area contributed by atoms with Gasteiger partial charge in [-0.1, -0.05) is 22.9 Å². The van der Waals surface area contributed by atoms with Gasteiger partial charge in [-0.15, -0.1) is 0 Å². The van der Waals surface area contributed by atoms with Gasteiger partial charge in [-0.3, -0.25) is 4.79 Å². The second-order valence-electron chi connectivity index (χ2n) is 11.7. The number of fused-ring (bicyclic) bond motifs is 1. The molecule has 0 saturated heterocycles. The number of hydrogen-bond acceptors (Lipinski definition) is 11. The van der Waals surface area contributed by atoms with Crippen molar-refractivity contribution < 1.29 is 42.8 Å². The molecule has 2 N–H and O–H groups in total. The predicted octanol–water partition coefficient (Wildman–Crippen LogP) is 6.61. The molecule has 0 saturated carbocycles. The van der Waals surface area contributed by atoms with Crippen LogP contribution in [0.2, 0.25) is 0 Å². The second-order valence-corrected chi connectivity index (χ2v) is 11.7. The van der Waals surface area contributed by atoms with E-state index in [1.807, 2.05) is 73.7 Å². The molecule has 12 nitrogen and oxygen atoms in total. The SMILES string of the molecule is COc1cc(C2NC(=O)c3cc(C)ccc3N2)ccc1OCCCOc1cc(C2=NOC(c3cc(OC)c(OC)c(OC)c3)C2)ccc1OC. The number of carbonyl (C=O) groups excluding carboxylic acids is 1. The number of methoxy groups -OCH3 is 5. The van der Waals surface area contributed by atoms with Crippen LogP contribution in [0.15, 0.2) is 71.9 Å². The van der Waals surface area contributed by atoms with E-state index in [1.165, 1.54) is 0 Å². The molecule has 50 heavy (non-hydrogen) atoms. The molecule has 0 spiro atoms. The molecule has 2 atom stereocenters. The van der Waals surface area contributed by atoms with Crippen molar-refractivity contribution in [2.75, 3.05) is 54.1 Å². The van der Waals surface area contributed by atoms with Crippen molar-refractivity contribution in [1.29, 1.82) is 0 Å². The number of benzene rings is 4. The van der Waals surface area contributed by atoms with Crippen LogP contribution in [0.1, 0.15) is 57.7 Å². The van der Waals surface area contributed by atoms with Crippen molar-refractivity contribution in [2.24, 2.45) is 5.16 Å². The quantitative estimate of drug-likeness (QED) is 0.140. The summed E-state index contributed by atoms with van der Waals surface area (Å²) in [4.78, 5) is 18.6. The number of aryl methyl sites for hydroxylation is 1. The molecule has 6 rings (SSSR count). The van der Waals surface area contributed by atoms with Crippen molar-refractivity contribution in [3.8, 4) is 40.2 Å². The standard InChI is InChI=1S/C38H41N3O9/c1-22-8-11-27-26(16-22)38(42)40-37(39-27)24-10-13-30(32(18-24)44-3)48-14-7-15-49-33-17-23(9-12-29(33)43-2)28-21-31(50-41-28)25-19-34(45-4)36(47-6)35(20-25)46-5/h8-13,16-20,31,37,39H,7,14-15,21H2,1-6H3,(H,40,42). The number of hydrogen-bond donors (Lipinski definition) is 2. The van der Waals surface area contributed by atoms with Gasteiger partial charge in [0.1, 0.15) is 6.17 Å². The fourth-order valence-corrected chi connectivity index (χ4v) is 5.93. The molecular weight excluding hydrogens is 642 g/mol. The molecule has 2 heterocycles. The van der Waals surface area contributed by atoms with Crippen LogP contribution in [0.5, 0.6) is 40.2 Å². The van der Waals surface area contributed by atoms with Gasteiger partial charge < -0.3 is 48.6 Å². The third kappa shape index (κ3) is 7.14. The summed E-state index contributed by atoms with van der Waals surface area (Å²) in [6, 6.07) is 20.8. The molecule has 2 aliphatic rings. The number of nitrogens with one attached hydrogen (secondary N) is 2. The maximum Gasteiger partial charge on any atom is 0.255 e. The van der Waals surface area contributed by atoms with E-state index >= 15 is 0 Å². The fourth-order valence-electron chi connectivity index (χ4n) is 5.93. The zero-order chi connectivity index (χ0) is 35.2. The minimum atomic E-state index is -0.401. The Morgan fingerprint density at radius 3 is 2.08 bits per heavy atom. The molecule has 0 radical (unpaired) electrons. The molecule has 0 fully saturated rings. The number of anilines is 1. The van der Waals surface area contributed by atoms with E-state index in [-0.39, 0.29) is 12.0 Å². The van der Waals surface area contributed by atoms with Gasteiger partial charge in [0, 0.05) is 29.7 Å². The first-order chi connectivity index (χ1) is 24.3. The van der Waals surface area contributed by atoms with Crippen LogP contribution in [0.25, 0.3) is 0 Å².